The predicted molar refractivity (Wildman–Crippen MR) is 139 cm³/mol. The van der Waals surface area contributed by atoms with Gasteiger partial charge in [0.15, 0.2) is 0 Å². The van der Waals surface area contributed by atoms with Crippen molar-refractivity contribution in [1.82, 2.24) is 9.29 Å². The number of aromatic nitrogens is 1. The number of urea groups is 1. The second kappa shape index (κ2) is 9.78. The van der Waals surface area contributed by atoms with Crippen molar-refractivity contribution in [2.24, 2.45) is 0 Å². The van der Waals surface area contributed by atoms with E-state index in [1.165, 1.54) is 42.5 Å². The number of carbonyl (C=O) groups excluding carboxylic acids is 1. The van der Waals surface area contributed by atoms with Gasteiger partial charge in [0.2, 0.25) is 0 Å². The molecule has 2 aromatic carbocycles. The van der Waals surface area contributed by atoms with Crippen LogP contribution < -0.4 is 20.9 Å². The third kappa shape index (κ3) is 4.99. The van der Waals surface area contributed by atoms with Crippen LogP contribution in [0.5, 0.6) is 0 Å². The molecule has 2 heterocycles. The Hall–Kier alpha value is -3.65. The lowest BCUT2D eigenvalue weighted by Crippen LogP contribution is -2.33. The molecule has 0 saturated heterocycles. The number of halogens is 2. The molecule has 0 aliphatic heterocycles. The van der Waals surface area contributed by atoms with E-state index in [1.807, 2.05) is 4.72 Å². The van der Waals surface area contributed by atoms with Gasteiger partial charge < -0.3 is 10.6 Å². The fraction of sp³-hybridized carbons (Fsp3) is 0.0476. The Bertz CT molecular complexity index is 1700. The first kappa shape index (κ1) is 25.4. The molecule has 2 aromatic heterocycles. The van der Waals surface area contributed by atoms with Crippen LogP contribution in [0.3, 0.4) is 0 Å². The fourth-order valence-corrected chi connectivity index (χ4v) is 6.02. The Morgan fingerprint density at radius 2 is 1.78 bits per heavy atom. The van der Waals surface area contributed by atoms with E-state index in [4.69, 9.17) is 23.2 Å². The summed E-state index contributed by atoms with van der Waals surface area (Å²) in [7, 11) is -2.49. The first-order chi connectivity index (χ1) is 17.0. The third-order valence-corrected chi connectivity index (χ3v) is 8.34. The van der Waals surface area contributed by atoms with E-state index in [9.17, 15) is 28.1 Å². The average molecular weight is 568 g/mol. The van der Waals surface area contributed by atoms with Crippen LogP contribution in [0.2, 0.25) is 9.36 Å². The lowest BCUT2D eigenvalue weighted by atomic mass is 10.1. The summed E-state index contributed by atoms with van der Waals surface area (Å²) in [5.41, 5.74) is -0.0185. The quantitative estimate of drug-likeness (QED) is 0.223. The van der Waals surface area contributed by atoms with Crippen molar-refractivity contribution in [3.8, 4) is 5.69 Å². The number of nitrogens with zero attached hydrogens (tertiary/aromatic N) is 2. The molecule has 0 radical (unpaired) electrons. The van der Waals surface area contributed by atoms with E-state index >= 15 is 0 Å². The third-order valence-electron chi connectivity index (χ3n) is 4.99. The van der Waals surface area contributed by atoms with Crippen LogP contribution in [-0.2, 0) is 10.0 Å². The largest absolute Gasteiger partial charge is 0.388 e. The number of fused-ring (bicyclic) bond motifs is 1. The monoisotopic (exact) mass is 567 g/mol. The second-order valence-electron chi connectivity index (χ2n) is 7.24. The number of thiophene rings is 1. The summed E-state index contributed by atoms with van der Waals surface area (Å²) in [5, 5.41) is 17.2. The van der Waals surface area contributed by atoms with Crippen molar-refractivity contribution in [1.29, 1.82) is 0 Å². The van der Waals surface area contributed by atoms with Crippen LogP contribution in [0, 0.1) is 10.1 Å². The van der Waals surface area contributed by atoms with Gasteiger partial charge in [0.1, 0.15) is 4.21 Å². The lowest BCUT2D eigenvalue weighted by molar-refractivity contribution is -0.383. The van der Waals surface area contributed by atoms with E-state index in [0.29, 0.717) is 5.69 Å². The van der Waals surface area contributed by atoms with Gasteiger partial charge in [-0.1, -0.05) is 23.2 Å². The van der Waals surface area contributed by atoms with Crippen molar-refractivity contribution < 1.29 is 18.1 Å². The molecule has 2 amide bonds. The topological polar surface area (TPSA) is 152 Å². The van der Waals surface area contributed by atoms with Crippen molar-refractivity contribution >= 4 is 78.4 Å². The van der Waals surface area contributed by atoms with Gasteiger partial charge in [0, 0.05) is 18.4 Å². The smallest absolute Gasteiger partial charge is 0.333 e. The van der Waals surface area contributed by atoms with Gasteiger partial charge in [-0.25, -0.2) is 17.9 Å². The van der Waals surface area contributed by atoms with Crippen molar-refractivity contribution in [3.63, 3.8) is 0 Å². The molecule has 3 N–H and O–H groups in total. The maximum Gasteiger partial charge on any atom is 0.333 e. The van der Waals surface area contributed by atoms with Gasteiger partial charge in [-0.15, -0.1) is 11.3 Å². The van der Waals surface area contributed by atoms with E-state index < -0.39 is 26.5 Å². The lowest BCUT2D eigenvalue weighted by Gasteiger charge is -2.13. The molecule has 0 fully saturated rings. The molecule has 0 bridgehead atoms. The number of hydrogen-bond donors (Lipinski definition) is 3. The summed E-state index contributed by atoms with van der Waals surface area (Å²) in [6.45, 7) is 0. The molecule has 0 unspecified atom stereocenters. The van der Waals surface area contributed by atoms with Crippen LogP contribution >= 0.6 is 34.5 Å². The predicted octanol–water partition coefficient (Wildman–Crippen LogP) is 4.82. The van der Waals surface area contributed by atoms with Crippen LogP contribution in [-0.4, -0.2) is 31.0 Å². The molecular formula is C21H15Cl2N5O6S2. The van der Waals surface area contributed by atoms with Crippen LogP contribution in [0.15, 0.2) is 63.7 Å². The summed E-state index contributed by atoms with van der Waals surface area (Å²) in [5.74, 6) is 0. The van der Waals surface area contributed by atoms with Gasteiger partial charge in [0.25, 0.3) is 21.3 Å². The number of amides is 2. The van der Waals surface area contributed by atoms with Gasteiger partial charge in [0.05, 0.1) is 36.9 Å². The number of pyridine rings is 1. The second-order valence-corrected chi connectivity index (χ2v) is 11.3. The fourth-order valence-electron chi connectivity index (χ4n) is 3.35. The van der Waals surface area contributed by atoms with Crippen molar-refractivity contribution in [2.75, 3.05) is 17.7 Å². The number of hydrogen-bond acceptors (Lipinski definition) is 8. The molecule has 0 spiro atoms. The Morgan fingerprint density at radius 3 is 2.39 bits per heavy atom. The number of rotatable bonds is 6. The minimum Gasteiger partial charge on any atom is -0.388 e. The van der Waals surface area contributed by atoms with Crippen molar-refractivity contribution in [3.05, 3.63) is 84.6 Å². The standard InChI is InChI=1S/C21H15Cl2N5O6S2/c1-24-11-2-4-13-14(8-11)17(28(31)32)10-27(20(13)29)16-5-3-12(9-15(16)22)25-21(30)26-36(33,34)19-7-6-18(23)35-19/h2-10,24H,1H3,(H2,25,26,30). The Balaban J connectivity index is 1.66. The highest BCUT2D eigenvalue weighted by Crippen LogP contribution is 2.30. The SMILES string of the molecule is CNc1ccc2c(=O)n(-c3ccc(NC(=O)NS(=O)(=O)c4ccc(Cl)s4)cc3Cl)cc([N+](=O)[O-])c2c1. The minimum absolute atomic E-state index is 0.0247. The molecule has 0 atom stereocenters. The Labute approximate surface area is 217 Å². The summed E-state index contributed by atoms with van der Waals surface area (Å²) < 4.78 is 27.6. The van der Waals surface area contributed by atoms with Gasteiger partial charge in [-0.2, -0.15) is 0 Å². The number of carbonyl (C=O) groups is 1. The summed E-state index contributed by atoms with van der Waals surface area (Å²) in [6, 6.07) is 10.2. The maximum absolute atomic E-state index is 13.1. The first-order valence-electron chi connectivity index (χ1n) is 9.91. The highest BCUT2D eigenvalue weighted by Gasteiger charge is 2.21. The highest BCUT2D eigenvalue weighted by molar-refractivity contribution is 7.92. The molecule has 0 aliphatic carbocycles. The molecule has 0 saturated carbocycles. The zero-order valence-electron chi connectivity index (χ0n) is 18.1. The average Bonchev–Trinajstić information content (AvgIpc) is 3.26. The number of anilines is 2. The van der Waals surface area contributed by atoms with E-state index in [1.54, 1.807) is 13.1 Å². The number of benzene rings is 2. The molecule has 36 heavy (non-hydrogen) atoms. The van der Waals surface area contributed by atoms with E-state index in [-0.39, 0.29) is 41.4 Å². The van der Waals surface area contributed by atoms with Crippen LogP contribution in [0.25, 0.3) is 16.5 Å². The van der Waals surface area contributed by atoms with E-state index in [2.05, 4.69) is 10.6 Å². The van der Waals surface area contributed by atoms with E-state index in [0.717, 1.165) is 22.1 Å². The Kier molecular flexibility index (Phi) is 6.91. The molecule has 4 rings (SSSR count). The molecule has 11 nitrogen and oxygen atoms in total. The minimum atomic E-state index is -4.14. The Morgan fingerprint density at radius 1 is 1.06 bits per heavy atom. The molecule has 4 aromatic rings. The molecule has 186 valence electrons. The number of nitrogens with one attached hydrogen (secondary N) is 3. The van der Waals surface area contributed by atoms with Crippen molar-refractivity contribution in [2.45, 2.75) is 4.21 Å². The molecular weight excluding hydrogens is 553 g/mol. The maximum atomic E-state index is 13.1. The normalized spacial score (nSPS) is 11.3. The van der Waals surface area contributed by atoms with Gasteiger partial charge in [-0.3, -0.25) is 19.5 Å². The van der Waals surface area contributed by atoms with Crippen LogP contribution in [0.4, 0.5) is 21.9 Å². The molecule has 15 heteroatoms. The first-order valence-corrected chi connectivity index (χ1v) is 13.0. The summed E-state index contributed by atoms with van der Waals surface area (Å²) in [6.07, 6.45) is 1.07. The zero-order chi connectivity index (χ0) is 26.2. The highest BCUT2D eigenvalue weighted by atomic mass is 35.5. The number of sulfonamides is 1. The number of nitro groups is 1. The molecule has 0 aliphatic rings. The zero-order valence-corrected chi connectivity index (χ0v) is 21.3. The van der Waals surface area contributed by atoms with Crippen LogP contribution in [0.1, 0.15) is 0 Å². The summed E-state index contributed by atoms with van der Waals surface area (Å²) in [4.78, 5) is 36.5. The van der Waals surface area contributed by atoms with Gasteiger partial charge in [-0.05, 0) is 48.5 Å². The van der Waals surface area contributed by atoms with Gasteiger partial charge >= 0.3 is 6.03 Å². The summed E-state index contributed by atoms with van der Waals surface area (Å²) >= 11 is 12.9.